The smallest absolute Gasteiger partial charge is 0.235 e. The maximum Gasteiger partial charge on any atom is 0.235 e. The number of hydrogen-bond acceptors (Lipinski definition) is 4. The zero-order valence-corrected chi connectivity index (χ0v) is 14.7. The molecule has 0 aliphatic heterocycles. The molecule has 26 heavy (non-hydrogen) atoms. The third-order valence-corrected chi connectivity index (χ3v) is 5.32. The lowest BCUT2D eigenvalue weighted by Crippen LogP contribution is -2.19. The van der Waals surface area contributed by atoms with E-state index in [1.807, 2.05) is 4.68 Å². The Morgan fingerprint density at radius 3 is 2.88 bits per heavy atom. The predicted molar refractivity (Wildman–Crippen MR) is 95.1 cm³/mol. The minimum Gasteiger partial charge on any atom is -0.333 e. The molecule has 2 aromatic heterocycles. The van der Waals surface area contributed by atoms with Crippen LogP contribution in [0.5, 0.6) is 0 Å². The molecule has 0 atom stereocenters. The fraction of sp³-hybridized carbons (Fsp3) is 0.353. The third-order valence-electron chi connectivity index (χ3n) is 4.45. The second-order valence-electron chi connectivity index (χ2n) is 6.26. The fourth-order valence-corrected chi connectivity index (χ4v) is 3.90. The average Bonchev–Trinajstić information content (AvgIpc) is 3.33. The van der Waals surface area contributed by atoms with Crippen molar-refractivity contribution in [2.24, 2.45) is 0 Å². The van der Waals surface area contributed by atoms with Crippen LogP contribution in [0.2, 0.25) is 0 Å². The van der Waals surface area contributed by atoms with Gasteiger partial charge in [-0.1, -0.05) is 24.6 Å². The first-order chi connectivity index (χ1) is 12.6. The molecular formula is C17H17F2N5OS. The molecule has 1 aliphatic carbocycles. The summed E-state index contributed by atoms with van der Waals surface area (Å²) in [5, 5.41) is 7.62. The number of hydrogen-bond donors (Lipinski definition) is 2. The third kappa shape index (κ3) is 3.44. The highest BCUT2D eigenvalue weighted by molar-refractivity contribution is 7.99. The summed E-state index contributed by atoms with van der Waals surface area (Å²) >= 11 is 1.17. The van der Waals surface area contributed by atoms with Gasteiger partial charge in [0.25, 0.3) is 0 Å². The Bertz CT molecular complexity index is 909. The van der Waals surface area contributed by atoms with Crippen LogP contribution >= 0.6 is 11.8 Å². The average molecular weight is 377 g/mol. The molecule has 0 saturated heterocycles. The van der Waals surface area contributed by atoms with E-state index < -0.39 is 11.6 Å². The molecule has 3 aromatic rings. The number of nitrogens with one attached hydrogen (secondary N) is 2. The normalized spacial score (nSPS) is 15.0. The van der Waals surface area contributed by atoms with E-state index in [4.69, 9.17) is 0 Å². The number of benzene rings is 1. The zero-order chi connectivity index (χ0) is 18.1. The van der Waals surface area contributed by atoms with Crippen LogP contribution in [-0.4, -0.2) is 31.4 Å². The number of H-pyrrole nitrogens is 1. The molecule has 0 bridgehead atoms. The van der Waals surface area contributed by atoms with E-state index in [0.29, 0.717) is 28.0 Å². The topological polar surface area (TPSA) is 75.6 Å². The Kier molecular flexibility index (Phi) is 4.62. The van der Waals surface area contributed by atoms with Gasteiger partial charge in [0, 0.05) is 18.2 Å². The second-order valence-corrected chi connectivity index (χ2v) is 7.23. The van der Waals surface area contributed by atoms with Crippen LogP contribution in [0.25, 0.3) is 11.0 Å². The molecule has 1 amide bonds. The number of nitrogens with zero attached hydrogens (tertiary/aromatic N) is 3. The van der Waals surface area contributed by atoms with E-state index in [9.17, 15) is 13.6 Å². The lowest BCUT2D eigenvalue weighted by molar-refractivity contribution is -0.113. The Balaban J connectivity index is 1.39. The number of halogens is 2. The SMILES string of the molecule is O=C(CSc1nc2cc(F)c(F)cc2[nH]1)Nc1ccnn1C1CCCC1. The molecular weight excluding hydrogens is 360 g/mol. The molecule has 2 N–H and O–H groups in total. The number of aromatic nitrogens is 4. The number of rotatable bonds is 5. The maximum absolute atomic E-state index is 13.2. The standard InChI is InChI=1S/C17H17F2N5OS/c18-11-7-13-14(8-12(11)19)22-17(21-13)26-9-16(25)23-15-5-6-20-24(15)10-3-1-2-4-10/h5-8,10H,1-4,9H2,(H,21,22)(H,23,25). The van der Waals surface area contributed by atoms with E-state index in [-0.39, 0.29) is 11.7 Å². The molecule has 1 aliphatic rings. The highest BCUT2D eigenvalue weighted by Gasteiger charge is 2.20. The van der Waals surface area contributed by atoms with E-state index in [2.05, 4.69) is 20.4 Å². The molecule has 1 saturated carbocycles. The fourth-order valence-electron chi connectivity index (χ4n) is 3.22. The monoisotopic (exact) mass is 377 g/mol. The van der Waals surface area contributed by atoms with Gasteiger partial charge in [-0.15, -0.1) is 0 Å². The van der Waals surface area contributed by atoms with Crippen LogP contribution in [-0.2, 0) is 4.79 Å². The van der Waals surface area contributed by atoms with Gasteiger partial charge < -0.3 is 10.3 Å². The van der Waals surface area contributed by atoms with Crippen molar-refractivity contribution in [2.75, 3.05) is 11.1 Å². The molecule has 1 aromatic carbocycles. The Morgan fingerprint density at radius 1 is 1.31 bits per heavy atom. The maximum atomic E-state index is 13.2. The Labute approximate surface area is 152 Å². The summed E-state index contributed by atoms with van der Waals surface area (Å²) in [6.45, 7) is 0. The van der Waals surface area contributed by atoms with Crippen LogP contribution in [0.4, 0.5) is 14.6 Å². The Morgan fingerprint density at radius 2 is 2.08 bits per heavy atom. The van der Waals surface area contributed by atoms with Crippen LogP contribution in [0, 0.1) is 11.6 Å². The number of imidazole rings is 1. The van der Waals surface area contributed by atoms with Crippen molar-refractivity contribution >= 4 is 34.5 Å². The highest BCUT2D eigenvalue weighted by Crippen LogP contribution is 2.31. The predicted octanol–water partition coefficient (Wildman–Crippen LogP) is 3.88. The number of amides is 1. The van der Waals surface area contributed by atoms with E-state index in [0.717, 1.165) is 25.0 Å². The summed E-state index contributed by atoms with van der Waals surface area (Å²) < 4.78 is 28.4. The van der Waals surface area contributed by atoms with Crippen molar-refractivity contribution in [3.8, 4) is 0 Å². The number of anilines is 1. The van der Waals surface area contributed by atoms with Crippen LogP contribution in [0.15, 0.2) is 29.6 Å². The summed E-state index contributed by atoms with van der Waals surface area (Å²) in [5.41, 5.74) is 0.720. The molecule has 4 rings (SSSR count). The number of aromatic amines is 1. The number of carbonyl (C=O) groups excluding carboxylic acids is 1. The quantitative estimate of drug-likeness (QED) is 0.662. The van der Waals surface area contributed by atoms with Crippen molar-refractivity contribution in [3.63, 3.8) is 0 Å². The molecule has 1 fully saturated rings. The van der Waals surface area contributed by atoms with Gasteiger partial charge in [0.15, 0.2) is 16.8 Å². The summed E-state index contributed by atoms with van der Waals surface area (Å²) in [4.78, 5) is 19.3. The first-order valence-corrected chi connectivity index (χ1v) is 9.39. The van der Waals surface area contributed by atoms with E-state index in [1.165, 1.54) is 24.6 Å². The van der Waals surface area contributed by atoms with E-state index in [1.54, 1.807) is 12.3 Å². The molecule has 9 heteroatoms. The lowest BCUT2D eigenvalue weighted by atomic mass is 10.2. The molecule has 136 valence electrons. The van der Waals surface area contributed by atoms with Gasteiger partial charge >= 0.3 is 0 Å². The summed E-state index contributed by atoms with van der Waals surface area (Å²) in [6, 6.07) is 4.22. The number of thioether (sulfide) groups is 1. The molecule has 0 unspecified atom stereocenters. The minimum atomic E-state index is -0.946. The van der Waals surface area contributed by atoms with Crippen LogP contribution in [0.3, 0.4) is 0 Å². The van der Waals surface area contributed by atoms with Crippen molar-refractivity contribution in [3.05, 3.63) is 36.0 Å². The van der Waals surface area contributed by atoms with Gasteiger partial charge in [0.2, 0.25) is 5.91 Å². The van der Waals surface area contributed by atoms with Gasteiger partial charge in [0.1, 0.15) is 5.82 Å². The van der Waals surface area contributed by atoms with Crippen molar-refractivity contribution in [1.82, 2.24) is 19.7 Å². The molecule has 0 radical (unpaired) electrons. The molecule has 2 heterocycles. The molecule has 6 nitrogen and oxygen atoms in total. The van der Waals surface area contributed by atoms with Crippen LogP contribution < -0.4 is 5.32 Å². The molecule has 0 spiro atoms. The van der Waals surface area contributed by atoms with Crippen molar-refractivity contribution in [2.45, 2.75) is 36.9 Å². The second kappa shape index (κ2) is 7.06. The van der Waals surface area contributed by atoms with Gasteiger partial charge in [-0.05, 0) is 12.8 Å². The van der Waals surface area contributed by atoms with Crippen molar-refractivity contribution in [1.29, 1.82) is 0 Å². The summed E-state index contributed by atoms with van der Waals surface area (Å²) in [6.07, 6.45) is 6.20. The first-order valence-electron chi connectivity index (χ1n) is 8.41. The lowest BCUT2D eigenvalue weighted by Gasteiger charge is -2.14. The highest BCUT2D eigenvalue weighted by atomic mass is 32.2. The minimum absolute atomic E-state index is 0.126. The van der Waals surface area contributed by atoms with Crippen LogP contribution in [0.1, 0.15) is 31.7 Å². The number of fused-ring (bicyclic) bond motifs is 1. The zero-order valence-electron chi connectivity index (χ0n) is 13.8. The van der Waals surface area contributed by atoms with Gasteiger partial charge in [-0.2, -0.15) is 5.10 Å². The van der Waals surface area contributed by atoms with Crippen molar-refractivity contribution < 1.29 is 13.6 Å². The van der Waals surface area contributed by atoms with E-state index >= 15 is 0 Å². The first kappa shape index (κ1) is 17.0. The van der Waals surface area contributed by atoms with Gasteiger partial charge in [-0.3, -0.25) is 4.79 Å². The largest absolute Gasteiger partial charge is 0.333 e. The van der Waals surface area contributed by atoms with Gasteiger partial charge in [0.05, 0.1) is 29.0 Å². The van der Waals surface area contributed by atoms with Gasteiger partial charge in [-0.25, -0.2) is 18.4 Å². The summed E-state index contributed by atoms with van der Waals surface area (Å²) in [5.74, 6) is -1.25. The number of carbonyl (C=O) groups is 1. The Hall–Kier alpha value is -2.42. The summed E-state index contributed by atoms with van der Waals surface area (Å²) in [7, 11) is 0.